The van der Waals surface area contributed by atoms with Gasteiger partial charge in [0.05, 0.1) is 21.7 Å². The number of piperazine rings is 1. The number of carbonyl (C=O) groups excluding carboxylic acids is 2. The van der Waals surface area contributed by atoms with E-state index < -0.39 is 22.0 Å². The van der Waals surface area contributed by atoms with Crippen LogP contribution in [0.5, 0.6) is 0 Å². The standard InChI is InChI=1S/C26H32N4O5S2/c1-4-6-7-19-8-13-22-23(18-19)36-25(28(22)3)27-24(31)20-9-11-21(12-10-20)37(33,34)30-16-14-29(15-17-30)26(32)35-5-2/h8-13,18H,4-7,14-17H2,1-3H3. The van der Waals surface area contributed by atoms with Crippen LogP contribution in [-0.2, 0) is 28.2 Å². The lowest BCUT2D eigenvalue weighted by molar-refractivity contribution is 0.0933. The van der Waals surface area contributed by atoms with E-state index in [1.54, 1.807) is 6.92 Å². The molecule has 1 fully saturated rings. The normalized spacial score (nSPS) is 15.3. The Morgan fingerprint density at radius 2 is 1.73 bits per heavy atom. The molecule has 2 aromatic carbocycles. The third kappa shape index (κ3) is 5.94. The van der Waals surface area contributed by atoms with Gasteiger partial charge in [0.15, 0.2) is 4.80 Å². The number of sulfonamides is 1. The summed E-state index contributed by atoms with van der Waals surface area (Å²) in [5.41, 5.74) is 2.60. The second-order valence-electron chi connectivity index (χ2n) is 8.88. The Bertz CT molecular complexity index is 1450. The molecule has 0 radical (unpaired) electrons. The largest absolute Gasteiger partial charge is 0.450 e. The van der Waals surface area contributed by atoms with Crippen molar-refractivity contribution in [2.24, 2.45) is 12.0 Å². The minimum atomic E-state index is -3.75. The molecule has 11 heteroatoms. The second-order valence-corrected chi connectivity index (χ2v) is 11.8. The Morgan fingerprint density at radius 3 is 2.38 bits per heavy atom. The Balaban J connectivity index is 1.48. The molecule has 9 nitrogen and oxygen atoms in total. The summed E-state index contributed by atoms with van der Waals surface area (Å²) >= 11 is 1.46. The number of nitrogens with zero attached hydrogens (tertiary/aromatic N) is 4. The monoisotopic (exact) mass is 544 g/mol. The lowest BCUT2D eigenvalue weighted by Gasteiger charge is -2.33. The molecule has 0 aliphatic carbocycles. The van der Waals surface area contributed by atoms with Crippen LogP contribution < -0.4 is 4.80 Å². The number of hydrogen-bond acceptors (Lipinski definition) is 6. The SMILES string of the molecule is CCCCc1ccc2c(c1)sc(=NC(=O)c1ccc(S(=O)(=O)N3CCN(C(=O)OCC)CC3)cc1)n2C. The molecule has 0 spiro atoms. The molecule has 1 aromatic heterocycles. The van der Waals surface area contributed by atoms with E-state index >= 15 is 0 Å². The first-order valence-corrected chi connectivity index (χ1v) is 14.7. The molecule has 0 N–H and O–H groups in total. The van der Waals surface area contributed by atoms with E-state index in [2.05, 4.69) is 30.1 Å². The summed E-state index contributed by atoms with van der Waals surface area (Å²) in [6.45, 7) is 5.06. The third-order valence-corrected chi connectivity index (χ3v) is 9.40. The summed E-state index contributed by atoms with van der Waals surface area (Å²) in [6, 6.07) is 12.2. The average Bonchev–Trinajstić information content (AvgIpc) is 3.21. The molecule has 1 aliphatic heterocycles. The highest BCUT2D eigenvalue weighted by atomic mass is 32.2. The molecule has 0 saturated carbocycles. The van der Waals surface area contributed by atoms with Gasteiger partial charge in [0.25, 0.3) is 5.91 Å². The van der Waals surface area contributed by atoms with E-state index in [0.717, 1.165) is 29.5 Å². The molecule has 0 atom stereocenters. The van der Waals surface area contributed by atoms with Gasteiger partial charge in [0.1, 0.15) is 0 Å². The van der Waals surface area contributed by atoms with Gasteiger partial charge in [-0.05, 0) is 61.7 Å². The summed E-state index contributed by atoms with van der Waals surface area (Å²) in [6.07, 6.45) is 2.86. The van der Waals surface area contributed by atoms with E-state index in [-0.39, 0.29) is 37.7 Å². The van der Waals surface area contributed by atoms with Crippen molar-refractivity contribution in [1.82, 2.24) is 13.8 Å². The molecule has 198 valence electrons. The van der Waals surface area contributed by atoms with Gasteiger partial charge in [-0.1, -0.05) is 30.7 Å². The third-order valence-electron chi connectivity index (χ3n) is 6.39. The van der Waals surface area contributed by atoms with Gasteiger partial charge in [-0.3, -0.25) is 4.79 Å². The van der Waals surface area contributed by atoms with Crippen LogP contribution in [0.4, 0.5) is 4.79 Å². The summed E-state index contributed by atoms with van der Waals surface area (Å²) in [5.74, 6) is -0.430. The van der Waals surface area contributed by atoms with Crippen molar-refractivity contribution in [3.05, 3.63) is 58.4 Å². The topological polar surface area (TPSA) is 101 Å². The van der Waals surface area contributed by atoms with E-state index in [1.807, 2.05) is 11.6 Å². The molecule has 4 rings (SSSR count). The molecule has 3 aromatic rings. The zero-order chi connectivity index (χ0) is 26.6. The van der Waals surface area contributed by atoms with Crippen LogP contribution >= 0.6 is 11.3 Å². The number of hydrogen-bond donors (Lipinski definition) is 0. The summed E-state index contributed by atoms with van der Waals surface area (Å²) in [4.78, 5) is 31.3. The lowest BCUT2D eigenvalue weighted by atomic mass is 10.1. The van der Waals surface area contributed by atoms with E-state index in [1.165, 1.54) is 50.4 Å². The molecule has 37 heavy (non-hydrogen) atoms. The number of thiazole rings is 1. The van der Waals surface area contributed by atoms with Crippen LogP contribution in [0.2, 0.25) is 0 Å². The first-order chi connectivity index (χ1) is 17.7. The summed E-state index contributed by atoms with van der Waals surface area (Å²) in [7, 11) is -1.87. The predicted molar refractivity (Wildman–Crippen MR) is 143 cm³/mol. The minimum Gasteiger partial charge on any atom is -0.450 e. The van der Waals surface area contributed by atoms with Crippen molar-refractivity contribution in [2.45, 2.75) is 38.0 Å². The number of amides is 2. The Kier molecular flexibility index (Phi) is 8.46. The summed E-state index contributed by atoms with van der Waals surface area (Å²) < 4.78 is 35.5. The van der Waals surface area contributed by atoms with Crippen molar-refractivity contribution in [3.63, 3.8) is 0 Å². The molecular weight excluding hydrogens is 512 g/mol. The quantitative estimate of drug-likeness (QED) is 0.451. The predicted octanol–water partition coefficient (Wildman–Crippen LogP) is 3.79. The fraction of sp³-hybridized carbons (Fsp3) is 0.423. The molecule has 2 heterocycles. The van der Waals surface area contributed by atoms with Gasteiger partial charge in [0, 0.05) is 38.8 Å². The van der Waals surface area contributed by atoms with E-state index in [9.17, 15) is 18.0 Å². The van der Waals surface area contributed by atoms with Gasteiger partial charge in [-0.25, -0.2) is 13.2 Å². The molecular formula is C26H32N4O5S2. The number of aryl methyl sites for hydroxylation is 2. The first kappa shape index (κ1) is 27.0. The second kappa shape index (κ2) is 11.6. The van der Waals surface area contributed by atoms with Gasteiger partial charge in [-0.15, -0.1) is 0 Å². The fourth-order valence-electron chi connectivity index (χ4n) is 4.22. The van der Waals surface area contributed by atoms with Crippen molar-refractivity contribution in [1.29, 1.82) is 0 Å². The molecule has 2 amide bonds. The highest BCUT2D eigenvalue weighted by Crippen LogP contribution is 2.21. The van der Waals surface area contributed by atoms with Crippen LogP contribution in [-0.4, -0.2) is 67.0 Å². The first-order valence-electron chi connectivity index (χ1n) is 12.4. The average molecular weight is 545 g/mol. The van der Waals surface area contributed by atoms with Crippen LogP contribution in [0.3, 0.4) is 0 Å². The zero-order valence-corrected chi connectivity index (χ0v) is 23.0. The number of aromatic nitrogens is 1. The van der Waals surface area contributed by atoms with Gasteiger partial charge < -0.3 is 14.2 Å². The highest BCUT2D eigenvalue weighted by molar-refractivity contribution is 7.89. The zero-order valence-electron chi connectivity index (χ0n) is 21.3. The smallest absolute Gasteiger partial charge is 0.409 e. The number of carbonyl (C=O) groups is 2. The molecule has 0 bridgehead atoms. The van der Waals surface area contributed by atoms with E-state index in [4.69, 9.17) is 4.74 Å². The van der Waals surface area contributed by atoms with Crippen molar-refractivity contribution >= 4 is 43.6 Å². The van der Waals surface area contributed by atoms with Crippen LogP contribution in [0.25, 0.3) is 10.2 Å². The Hall–Kier alpha value is -3.02. The minimum absolute atomic E-state index is 0.0978. The van der Waals surface area contributed by atoms with Gasteiger partial charge >= 0.3 is 6.09 Å². The highest BCUT2D eigenvalue weighted by Gasteiger charge is 2.30. The molecule has 1 saturated heterocycles. The van der Waals surface area contributed by atoms with Crippen LogP contribution in [0, 0.1) is 0 Å². The lowest BCUT2D eigenvalue weighted by Crippen LogP contribution is -2.50. The number of ether oxygens (including phenoxy) is 1. The summed E-state index contributed by atoms with van der Waals surface area (Å²) in [5, 5.41) is 0. The van der Waals surface area contributed by atoms with Crippen molar-refractivity contribution < 1.29 is 22.7 Å². The van der Waals surface area contributed by atoms with Crippen molar-refractivity contribution in [2.75, 3.05) is 32.8 Å². The van der Waals surface area contributed by atoms with Gasteiger partial charge in [-0.2, -0.15) is 9.30 Å². The maximum absolute atomic E-state index is 13.1. The Morgan fingerprint density at radius 1 is 1.03 bits per heavy atom. The molecule has 1 aliphatic rings. The fourth-order valence-corrected chi connectivity index (χ4v) is 6.72. The van der Waals surface area contributed by atoms with Crippen LogP contribution in [0.1, 0.15) is 42.6 Å². The maximum atomic E-state index is 13.1. The van der Waals surface area contributed by atoms with Gasteiger partial charge in [0.2, 0.25) is 10.0 Å². The number of rotatable bonds is 7. The number of fused-ring (bicyclic) bond motifs is 1. The molecule has 0 unspecified atom stereocenters. The van der Waals surface area contributed by atoms with Crippen LogP contribution in [0.15, 0.2) is 52.4 Å². The van der Waals surface area contributed by atoms with Crippen molar-refractivity contribution in [3.8, 4) is 0 Å². The number of benzene rings is 2. The maximum Gasteiger partial charge on any atom is 0.409 e. The number of unbranched alkanes of at least 4 members (excludes halogenated alkanes) is 1. The van der Waals surface area contributed by atoms with E-state index in [0.29, 0.717) is 10.4 Å². The Labute approximate surface area is 221 Å².